The minimum atomic E-state index is -1.09. The normalized spacial score (nSPS) is 15.1. The first-order valence-electron chi connectivity index (χ1n) is 9.97. The molecule has 0 unspecified atom stereocenters. The molecule has 1 fully saturated rings. The van der Waals surface area contributed by atoms with E-state index in [9.17, 15) is 24.3 Å². The second-order valence-electron chi connectivity index (χ2n) is 7.57. The van der Waals surface area contributed by atoms with Crippen LogP contribution in [0.3, 0.4) is 0 Å². The number of carboxylic acid groups (broad SMARTS) is 1. The molecule has 0 saturated carbocycles. The van der Waals surface area contributed by atoms with Crippen LogP contribution in [-0.4, -0.2) is 33.5 Å². The van der Waals surface area contributed by atoms with Crippen molar-refractivity contribution in [1.29, 1.82) is 0 Å². The maximum absolute atomic E-state index is 13.2. The Morgan fingerprint density at radius 2 is 1.74 bits per heavy atom. The number of aromatic carboxylic acids is 1. The maximum atomic E-state index is 13.2. The minimum Gasteiger partial charge on any atom is -0.478 e. The molecule has 3 aromatic rings. The summed E-state index contributed by atoms with van der Waals surface area (Å²) >= 11 is 9.65. The lowest BCUT2D eigenvalue weighted by Crippen LogP contribution is -2.54. The summed E-state index contributed by atoms with van der Waals surface area (Å²) in [6.07, 6.45) is 1.41. The van der Waals surface area contributed by atoms with E-state index in [-0.39, 0.29) is 11.1 Å². The first-order chi connectivity index (χ1) is 16.1. The average molecular weight is 543 g/mol. The molecule has 1 aliphatic heterocycles. The lowest BCUT2D eigenvalue weighted by Gasteiger charge is -2.26. The molecule has 10 heteroatoms. The number of nitrogens with one attached hydrogen (secondary N) is 1. The molecule has 8 nitrogen and oxygen atoms in total. The topological polar surface area (TPSA) is 109 Å². The molecule has 4 rings (SSSR count). The molecule has 34 heavy (non-hydrogen) atoms. The fraction of sp³-hybridized carbons (Fsp3) is 0.0833. The van der Waals surface area contributed by atoms with E-state index in [1.807, 2.05) is 0 Å². The number of barbiturate groups is 1. The Morgan fingerprint density at radius 1 is 1.06 bits per heavy atom. The number of aryl methyl sites for hydroxylation is 1. The molecule has 0 spiro atoms. The van der Waals surface area contributed by atoms with Crippen LogP contribution in [0.5, 0.6) is 0 Å². The molecular formula is C24H17BrClN3O5. The Kier molecular flexibility index (Phi) is 6.16. The fourth-order valence-electron chi connectivity index (χ4n) is 3.76. The van der Waals surface area contributed by atoms with Gasteiger partial charge in [0.15, 0.2) is 0 Å². The molecule has 0 aliphatic carbocycles. The number of amides is 4. The van der Waals surface area contributed by atoms with Crippen LogP contribution < -0.4 is 10.2 Å². The number of carbonyl (C=O) groups excluding carboxylic acids is 3. The van der Waals surface area contributed by atoms with Gasteiger partial charge in [-0.3, -0.25) is 14.9 Å². The van der Waals surface area contributed by atoms with Gasteiger partial charge in [-0.25, -0.2) is 14.5 Å². The molecule has 0 atom stereocenters. The monoisotopic (exact) mass is 541 g/mol. The number of rotatable bonds is 4. The molecule has 2 aromatic carbocycles. The van der Waals surface area contributed by atoms with Gasteiger partial charge in [0, 0.05) is 15.9 Å². The van der Waals surface area contributed by atoms with E-state index in [0.29, 0.717) is 33.3 Å². The molecule has 172 valence electrons. The van der Waals surface area contributed by atoms with Crippen molar-refractivity contribution in [1.82, 2.24) is 9.88 Å². The predicted octanol–water partition coefficient (Wildman–Crippen LogP) is 4.87. The molecule has 1 saturated heterocycles. The zero-order valence-electron chi connectivity index (χ0n) is 17.9. The summed E-state index contributed by atoms with van der Waals surface area (Å²) in [7, 11) is 0. The van der Waals surface area contributed by atoms with E-state index in [1.54, 1.807) is 48.7 Å². The van der Waals surface area contributed by atoms with Crippen molar-refractivity contribution in [3.05, 3.63) is 86.1 Å². The van der Waals surface area contributed by atoms with E-state index in [2.05, 4.69) is 21.2 Å². The second kappa shape index (κ2) is 8.92. The van der Waals surface area contributed by atoms with Crippen LogP contribution >= 0.6 is 27.5 Å². The number of imide groups is 2. The summed E-state index contributed by atoms with van der Waals surface area (Å²) in [5.74, 6) is -2.66. The molecule has 1 aromatic heterocycles. The van der Waals surface area contributed by atoms with Crippen molar-refractivity contribution < 1.29 is 24.3 Å². The first-order valence-corrected chi connectivity index (χ1v) is 11.1. The summed E-state index contributed by atoms with van der Waals surface area (Å²) in [6.45, 7) is 3.55. The number of benzene rings is 2. The van der Waals surface area contributed by atoms with Crippen LogP contribution in [0.2, 0.25) is 5.02 Å². The summed E-state index contributed by atoms with van der Waals surface area (Å²) < 4.78 is 2.51. The second-order valence-corrected chi connectivity index (χ2v) is 8.89. The number of nitrogens with zero attached hydrogens (tertiary/aromatic N) is 2. The number of carbonyl (C=O) groups is 4. The fourth-order valence-corrected chi connectivity index (χ4v) is 4.23. The lowest BCUT2D eigenvalue weighted by molar-refractivity contribution is -0.122. The van der Waals surface area contributed by atoms with E-state index in [0.717, 1.165) is 9.37 Å². The third-order valence-electron chi connectivity index (χ3n) is 5.39. The zero-order chi connectivity index (χ0) is 24.7. The third kappa shape index (κ3) is 4.15. The van der Waals surface area contributed by atoms with Crippen LogP contribution in [0.25, 0.3) is 11.8 Å². The number of halogens is 2. The maximum Gasteiger partial charge on any atom is 0.335 e. The summed E-state index contributed by atoms with van der Waals surface area (Å²) in [4.78, 5) is 50.4. The zero-order valence-corrected chi connectivity index (χ0v) is 20.3. The van der Waals surface area contributed by atoms with Gasteiger partial charge in [-0.15, -0.1) is 0 Å². The summed E-state index contributed by atoms with van der Waals surface area (Å²) in [6, 6.07) is 11.8. The van der Waals surface area contributed by atoms with Gasteiger partial charge >= 0.3 is 12.0 Å². The number of hydrogen-bond donors (Lipinski definition) is 2. The SMILES string of the molecule is Cc1cc(/C=C2\C(=O)NC(=O)N(c3ccc(Br)cc3)C2=O)c(C)n1-c1cc(C(=O)O)ccc1Cl. The highest BCUT2D eigenvalue weighted by molar-refractivity contribution is 9.10. The van der Waals surface area contributed by atoms with Gasteiger partial charge in [-0.2, -0.15) is 0 Å². The van der Waals surface area contributed by atoms with Gasteiger partial charge < -0.3 is 9.67 Å². The lowest BCUT2D eigenvalue weighted by atomic mass is 10.1. The van der Waals surface area contributed by atoms with Crippen LogP contribution in [0.4, 0.5) is 10.5 Å². The third-order valence-corrected chi connectivity index (χ3v) is 6.24. The van der Waals surface area contributed by atoms with Crippen molar-refractivity contribution in [2.75, 3.05) is 4.90 Å². The summed E-state index contributed by atoms with van der Waals surface area (Å²) in [5.41, 5.74) is 2.49. The highest BCUT2D eigenvalue weighted by Gasteiger charge is 2.37. The Hall–Kier alpha value is -3.69. The van der Waals surface area contributed by atoms with Crippen molar-refractivity contribution >= 4 is 63.1 Å². The van der Waals surface area contributed by atoms with Gasteiger partial charge in [-0.05, 0) is 74.0 Å². The van der Waals surface area contributed by atoms with Gasteiger partial charge in [0.25, 0.3) is 11.8 Å². The van der Waals surface area contributed by atoms with E-state index in [4.69, 9.17) is 11.6 Å². The highest BCUT2D eigenvalue weighted by atomic mass is 79.9. The Morgan fingerprint density at radius 3 is 2.38 bits per heavy atom. The number of hydrogen-bond acceptors (Lipinski definition) is 4. The van der Waals surface area contributed by atoms with Crippen molar-refractivity contribution in [2.45, 2.75) is 13.8 Å². The molecule has 0 bridgehead atoms. The van der Waals surface area contributed by atoms with Crippen LogP contribution in [0, 0.1) is 13.8 Å². The molecule has 1 aliphatic rings. The van der Waals surface area contributed by atoms with Crippen LogP contribution in [-0.2, 0) is 9.59 Å². The molecule has 2 N–H and O–H groups in total. The molecule has 2 heterocycles. The van der Waals surface area contributed by atoms with Gasteiger partial charge in [0.05, 0.1) is 22.0 Å². The standard InChI is InChI=1S/C24H17BrClN3O5/c1-12-9-15(13(2)28(12)20-11-14(23(32)33)3-8-19(20)26)10-18-21(30)27-24(34)29(22(18)31)17-6-4-16(25)5-7-17/h3-11H,1-2H3,(H,32,33)(H,27,30,34)/b18-10+. The Balaban J connectivity index is 1.79. The molecule has 4 amide bonds. The summed E-state index contributed by atoms with van der Waals surface area (Å²) in [5, 5.41) is 11.9. The number of anilines is 1. The van der Waals surface area contributed by atoms with Gasteiger partial charge in [-0.1, -0.05) is 27.5 Å². The quantitative estimate of drug-likeness (QED) is 0.361. The minimum absolute atomic E-state index is 0.0669. The van der Waals surface area contributed by atoms with Crippen molar-refractivity contribution in [3.63, 3.8) is 0 Å². The molecule has 0 radical (unpaired) electrons. The van der Waals surface area contributed by atoms with Gasteiger partial charge in [0.2, 0.25) is 0 Å². The largest absolute Gasteiger partial charge is 0.478 e. The highest BCUT2D eigenvalue weighted by Crippen LogP contribution is 2.30. The van der Waals surface area contributed by atoms with Gasteiger partial charge in [0.1, 0.15) is 5.57 Å². The van der Waals surface area contributed by atoms with E-state index >= 15 is 0 Å². The number of aromatic nitrogens is 1. The Labute approximate surface area is 207 Å². The number of carboxylic acids is 1. The van der Waals surface area contributed by atoms with Crippen molar-refractivity contribution in [2.24, 2.45) is 0 Å². The van der Waals surface area contributed by atoms with Crippen molar-refractivity contribution in [3.8, 4) is 5.69 Å². The average Bonchev–Trinajstić information content (AvgIpc) is 3.05. The molecular weight excluding hydrogens is 526 g/mol. The first kappa shape index (κ1) is 23.5. The smallest absolute Gasteiger partial charge is 0.335 e. The number of urea groups is 1. The van der Waals surface area contributed by atoms with Crippen LogP contribution in [0.15, 0.2) is 58.6 Å². The van der Waals surface area contributed by atoms with Crippen LogP contribution in [0.1, 0.15) is 27.3 Å². The van der Waals surface area contributed by atoms with E-state index < -0.39 is 23.8 Å². The van der Waals surface area contributed by atoms with E-state index in [1.165, 1.54) is 24.3 Å². The predicted molar refractivity (Wildman–Crippen MR) is 130 cm³/mol. The Bertz CT molecular complexity index is 1410.